The summed E-state index contributed by atoms with van der Waals surface area (Å²) in [6.07, 6.45) is 1.79. The van der Waals surface area contributed by atoms with Crippen molar-refractivity contribution in [1.82, 2.24) is 10.3 Å². The highest BCUT2D eigenvalue weighted by Crippen LogP contribution is 2.33. The molecule has 1 aromatic carbocycles. The maximum atomic E-state index is 5.71. The zero-order valence-electron chi connectivity index (χ0n) is 9.43. The molecule has 0 saturated heterocycles. The summed E-state index contributed by atoms with van der Waals surface area (Å²) < 4.78 is 6.98. The van der Waals surface area contributed by atoms with Crippen LogP contribution in [0.3, 0.4) is 0 Å². The highest BCUT2D eigenvalue weighted by atomic mass is 32.1. The number of nitrogens with one attached hydrogen (secondary N) is 1. The van der Waals surface area contributed by atoms with Crippen molar-refractivity contribution >= 4 is 21.4 Å². The van der Waals surface area contributed by atoms with Gasteiger partial charge in [0.05, 0.1) is 12.7 Å². The summed E-state index contributed by atoms with van der Waals surface area (Å²) in [7, 11) is 1.88. The van der Waals surface area contributed by atoms with Gasteiger partial charge in [-0.05, 0) is 13.1 Å². The Kier molecular flexibility index (Phi) is 2.66. The second-order valence-electron chi connectivity index (χ2n) is 3.79. The first kappa shape index (κ1) is 10.5. The first-order valence-electron chi connectivity index (χ1n) is 5.44. The zero-order valence-corrected chi connectivity index (χ0v) is 10.3. The summed E-state index contributed by atoms with van der Waals surface area (Å²) in [6, 6.07) is 8.33. The quantitative estimate of drug-likeness (QED) is 0.768. The Labute approximate surface area is 103 Å². The lowest BCUT2D eigenvalue weighted by Gasteiger charge is -1.94. The molecule has 0 radical (unpaired) electrons. The van der Waals surface area contributed by atoms with Crippen molar-refractivity contribution in [3.05, 3.63) is 41.7 Å². The van der Waals surface area contributed by atoms with Gasteiger partial charge in [-0.1, -0.05) is 18.2 Å². The Morgan fingerprint density at radius 3 is 3.12 bits per heavy atom. The van der Waals surface area contributed by atoms with Gasteiger partial charge in [-0.3, -0.25) is 0 Å². The van der Waals surface area contributed by atoms with E-state index in [1.807, 2.05) is 13.1 Å². The fourth-order valence-corrected chi connectivity index (χ4v) is 2.79. The average Bonchev–Trinajstić information content (AvgIpc) is 2.95. The minimum absolute atomic E-state index is 0.655. The lowest BCUT2D eigenvalue weighted by atomic mass is 10.1. The smallest absolute Gasteiger partial charge is 0.208 e. The van der Waals surface area contributed by atoms with Crippen LogP contribution in [0.2, 0.25) is 0 Å². The van der Waals surface area contributed by atoms with Gasteiger partial charge in [-0.25, -0.2) is 4.98 Å². The Hall–Kier alpha value is -1.65. The lowest BCUT2D eigenvalue weighted by Crippen LogP contribution is -2.04. The topological polar surface area (TPSA) is 38.1 Å². The number of hydrogen-bond donors (Lipinski definition) is 1. The molecule has 0 aliphatic rings. The van der Waals surface area contributed by atoms with E-state index in [1.165, 1.54) is 10.1 Å². The van der Waals surface area contributed by atoms with Crippen LogP contribution in [0.5, 0.6) is 0 Å². The van der Waals surface area contributed by atoms with Crippen molar-refractivity contribution in [1.29, 1.82) is 0 Å². The van der Waals surface area contributed by atoms with Crippen LogP contribution < -0.4 is 5.32 Å². The first-order valence-corrected chi connectivity index (χ1v) is 6.32. The maximum absolute atomic E-state index is 5.71. The van der Waals surface area contributed by atoms with Crippen LogP contribution in [-0.2, 0) is 6.54 Å². The van der Waals surface area contributed by atoms with E-state index in [4.69, 9.17) is 4.42 Å². The van der Waals surface area contributed by atoms with Gasteiger partial charge in [0.25, 0.3) is 0 Å². The zero-order chi connectivity index (χ0) is 11.7. The molecule has 0 aliphatic carbocycles. The van der Waals surface area contributed by atoms with E-state index in [2.05, 4.69) is 33.9 Å². The molecule has 17 heavy (non-hydrogen) atoms. The van der Waals surface area contributed by atoms with Crippen LogP contribution in [-0.4, -0.2) is 12.0 Å². The molecular formula is C13H12N2OS. The number of aromatic nitrogens is 1. The fraction of sp³-hybridized carbons (Fsp3) is 0.154. The molecule has 4 heteroatoms. The number of fused-ring (bicyclic) bond motifs is 1. The molecule has 0 aliphatic heterocycles. The van der Waals surface area contributed by atoms with Crippen molar-refractivity contribution in [2.24, 2.45) is 0 Å². The second kappa shape index (κ2) is 4.31. The predicted octanol–water partition coefficient (Wildman–Crippen LogP) is 3.28. The molecule has 0 saturated carbocycles. The molecule has 1 N–H and O–H groups in total. The van der Waals surface area contributed by atoms with Crippen LogP contribution in [0.1, 0.15) is 5.89 Å². The summed E-state index contributed by atoms with van der Waals surface area (Å²) >= 11 is 1.73. The SMILES string of the molecule is CNCc1ncc(-c2csc3ccccc23)o1. The van der Waals surface area contributed by atoms with Crippen LogP contribution >= 0.6 is 11.3 Å². The van der Waals surface area contributed by atoms with Crippen molar-refractivity contribution in [2.45, 2.75) is 6.54 Å². The van der Waals surface area contributed by atoms with Crippen molar-refractivity contribution in [2.75, 3.05) is 7.05 Å². The third-order valence-corrected chi connectivity index (χ3v) is 3.59. The number of oxazole rings is 1. The third-order valence-electron chi connectivity index (χ3n) is 2.63. The molecule has 0 amide bonds. The van der Waals surface area contributed by atoms with Gasteiger partial charge in [-0.15, -0.1) is 11.3 Å². The largest absolute Gasteiger partial charge is 0.439 e. The highest BCUT2D eigenvalue weighted by molar-refractivity contribution is 7.17. The molecule has 3 aromatic rings. The molecule has 2 heterocycles. The van der Waals surface area contributed by atoms with Gasteiger partial charge >= 0.3 is 0 Å². The Balaban J connectivity index is 2.07. The summed E-state index contributed by atoms with van der Waals surface area (Å²) in [5.41, 5.74) is 1.13. The predicted molar refractivity (Wildman–Crippen MR) is 70.1 cm³/mol. The molecular weight excluding hydrogens is 232 g/mol. The molecule has 3 nitrogen and oxygen atoms in total. The monoisotopic (exact) mass is 244 g/mol. The third kappa shape index (κ3) is 1.85. The van der Waals surface area contributed by atoms with Crippen LogP contribution in [0.15, 0.2) is 40.3 Å². The molecule has 2 aromatic heterocycles. The van der Waals surface area contributed by atoms with E-state index in [0.717, 1.165) is 17.2 Å². The normalized spacial score (nSPS) is 11.1. The van der Waals surface area contributed by atoms with Crippen LogP contribution in [0, 0.1) is 0 Å². The molecule has 86 valence electrons. The van der Waals surface area contributed by atoms with E-state index >= 15 is 0 Å². The van der Waals surface area contributed by atoms with Gasteiger partial charge in [-0.2, -0.15) is 0 Å². The molecule has 0 bridgehead atoms. The van der Waals surface area contributed by atoms with Gasteiger partial charge in [0.1, 0.15) is 0 Å². The van der Waals surface area contributed by atoms with Gasteiger partial charge in [0.15, 0.2) is 5.76 Å². The summed E-state index contributed by atoms with van der Waals surface area (Å²) in [5.74, 6) is 1.56. The van der Waals surface area contributed by atoms with E-state index in [1.54, 1.807) is 17.5 Å². The minimum atomic E-state index is 0.655. The Morgan fingerprint density at radius 1 is 1.35 bits per heavy atom. The molecule has 0 atom stereocenters. The van der Waals surface area contributed by atoms with Gasteiger partial charge in [0.2, 0.25) is 5.89 Å². The summed E-state index contributed by atoms with van der Waals surface area (Å²) in [5, 5.41) is 6.37. The van der Waals surface area contributed by atoms with E-state index in [9.17, 15) is 0 Å². The number of nitrogens with zero attached hydrogens (tertiary/aromatic N) is 1. The lowest BCUT2D eigenvalue weighted by molar-refractivity contribution is 0.491. The minimum Gasteiger partial charge on any atom is -0.439 e. The van der Waals surface area contributed by atoms with Crippen LogP contribution in [0.4, 0.5) is 0 Å². The maximum Gasteiger partial charge on any atom is 0.208 e. The summed E-state index contributed by atoms with van der Waals surface area (Å²) in [6.45, 7) is 0.655. The first-order chi connectivity index (χ1) is 8.38. The number of benzene rings is 1. The van der Waals surface area contributed by atoms with Gasteiger partial charge in [0, 0.05) is 21.0 Å². The molecule has 0 spiro atoms. The summed E-state index contributed by atoms with van der Waals surface area (Å²) in [4.78, 5) is 4.24. The fourth-order valence-electron chi connectivity index (χ4n) is 1.84. The Morgan fingerprint density at radius 2 is 2.24 bits per heavy atom. The molecule has 3 rings (SSSR count). The van der Waals surface area contributed by atoms with Crippen molar-refractivity contribution in [3.8, 4) is 11.3 Å². The average molecular weight is 244 g/mol. The second-order valence-corrected chi connectivity index (χ2v) is 4.71. The van der Waals surface area contributed by atoms with E-state index in [-0.39, 0.29) is 0 Å². The highest BCUT2D eigenvalue weighted by Gasteiger charge is 2.10. The van der Waals surface area contributed by atoms with Crippen molar-refractivity contribution < 1.29 is 4.42 Å². The van der Waals surface area contributed by atoms with Crippen LogP contribution in [0.25, 0.3) is 21.4 Å². The van der Waals surface area contributed by atoms with E-state index in [0.29, 0.717) is 6.54 Å². The number of rotatable bonds is 3. The van der Waals surface area contributed by atoms with Gasteiger partial charge < -0.3 is 9.73 Å². The molecule has 0 fully saturated rings. The Bertz CT molecular complexity index is 641. The van der Waals surface area contributed by atoms with Crippen molar-refractivity contribution in [3.63, 3.8) is 0 Å². The molecule has 0 unspecified atom stereocenters. The van der Waals surface area contributed by atoms with E-state index < -0.39 is 0 Å². The standard InChI is InChI=1S/C13H12N2OS/c1-14-7-13-15-6-11(16-13)10-8-17-12-5-3-2-4-9(10)12/h2-6,8,14H,7H2,1H3. The number of thiophene rings is 1. The number of hydrogen-bond acceptors (Lipinski definition) is 4.